The molecule has 0 aliphatic carbocycles. The van der Waals surface area contributed by atoms with E-state index in [0.717, 1.165) is 13.0 Å². The Morgan fingerprint density at radius 3 is 2.59 bits per heavy atom. The molecule has 0 saturated carbocycles. The molecule has 1 aromatic rings. The minimum atomic E-state index is 0.471. The summed E-state index contributed by atoms with van der Waals surface area (Å²) in [6, 6.07) is 0. The summed E-state index contributed by atoms with van der Waals surface area (Å²) in [4.78, 5) is 2.53. The first-order valence-corrected chi connectivity index (χ1v) is 7.15. The Morgan fingerprint density at radius 2 is 2.12 bits per heavy atom. The van der Waals surface area contributed by atoms with Gasteiger partial charge in [-0.15, -0.1) is 0 Å². The van der Waals surface area contributed by atoms with Gasteiger partial charge in [0.1, 0.15) is 0 Å². The van der Waals surface area contributed by atoms with Gasteiger partial charge in [-0.3, -0.25) is 9.58 Å². The molecular weight excluding hydrogens is 278 g/mol. The molecule has 17 heavy (non-hydrogen) atoms. The average molecular weight is 300 g/mol. The van der Waals surface area contributed by atoms with Crippen molar-refractivity contribution in [3.63, 3.8) is 0 Å². The largest absolute Gasteiger partial charge is 0.297 e. The number of nitrogens with zero attached hydrogens (tertiary/aromatic N) is 3. The van der Waals surface area contributed by atoms with Gasteiger partial charge in [-0.25, -0.2) is 0 Å². The van der Waals surface area contributed by atoms with Crippen LogP contribution in [0.1, 0.15) is 38.6 Å². The first-order chi connectivity index (χ1) is 7.93. The lowest BCUT2D eigenvalue weighted by Gasteiger charge is -2.19. The van der Waals surface area contributed by atoms with Crippen LogP contribution in [0.15, 0.2) is 4.47 Å². The molecule has 3 nitrogen and oxygen atoms in total. The number of halogens is 1. The van der Waals surface area contributed by atoms with Crippen LogP contribution < -0.4 is 0 Å². The molecule has 96 valence electrons. The zero-order chi connectivity index (χ0) is 12.6. The maximum atomic E-state index is 4.55. The molecule has 2 heterocycles. The normalized spacial score (nSPS) is 20.1. The quantitative estimate of drug-likeness (QED) is 0.855. The minimum Gasteiger partial charge on any atom is -0.297 e. The van der Waals surface area contributed by atoms with Crippen molar-refractivity contribution >= 4 is 15.9 Å². The van der Waals surface area contributed by atoms with Gasteiger partial charge < -0.3 is 0 Å². The number of rotatable bonds is 3. The predicted molar refractivity (Wildman–Crippen MR) is 74.0 cm³/mol. The van der Waals surface area contributed by atoms with Gasteiger partial charge in [0.25, 0.3) is 0 Å². The summed E-state index contributed by atoms with van der Waals surface area (Å²) in [5, 5.41) is 4.55. The third-order valence-corrected chi connectivity index (χ3v) is 4.55. The predicted octanol–water partition coefficient (Wildman–Crippen LogP) is 2.98. The zero-order valence-electron chi connectivity index (χ0n) is 11.3. The van der Waals surface area contributed by atoms with E-state index in [0.29, 0.717) is 5.41 Å². The van der Waals surface area contributed by atoms with Crippen molar-refractivity contribution in [3.05, 3.63) is 15.9 Å². The van der Waals surface area contributed by atoms with E-state index < -0.39 is 0 Å². The number of aromatic nitrogens is 2. The van der Waals surface area contributed by atoms with Crippen LogP contribution in [-0.2, 0) is 20.0 Å². The second kappa shape index (κ2) is 4.73. The smallest absolute Gasteiger partial charge is 0.0767 e. The van der Waals surface area contributed by atoms with Crippen LogP contribution in [0.3, 0.4) is 0 Å². The average Bonchev–Trinajstić information content (AvgIpc) is 2.72. The van der Waals surface area contributed by atoms with Gasteiger partial charge >= 0.3 is 0 Å². The summed E-state index contributed by atoms with van der Waals surface area (Å²) in [6.45, 7) is 10.2. The van der Waals surface area contributed by atoms with Crippen LogP contribution in [-0.4, -0.2) is 27.8 Å². The van der Waals surface area contributed by atoms with Gasteiger partial charge in [-0.2, -0.15) is 5.10 Å². The Morgan fingerprint density at radius 1 is 1.41 bits per heavy atom. The van der Waals surface area contributed by atoms with E-state index >= 15 is 0 Å². The van der Waals surface area contributed by atoms with Gasteiger partial charge in [0.15, 0.2) is 0 Å². The number of hydrogen-bond acceptors (Lipinski definition) is 2. The van der Waals surface area contributed by atoms with Crippen molar-refractivity contribution in [2.75, 3.05) is 13.1 Å². The van der Waals surface area contributed by atoms with Gasteiger partial charge in [0.05, 0.1) is 15.9 Å². The zero-order valence-corrected chi connectivity index (χ0v) is 12.8. The molecule has 4 heteroatoms. The summed E-state index contributed by atoms with van der Waals surface area (Å²) >= 11 is 3.69. The molecular formula is C13H22BrN3. The lowest BCUT2D eigenvalue weighted by molar-refractivity contribution is 0.277. The van der Waals surface area contributed by atoms with Crippen LogP contribution in [0.25, 0.3) is 0 Å². The fourth-order valence-corrected chi connectivity index (χ4v) is 3.30. The maximum Gasteiger partial charge on any atom is 0.0767 e. The molecule has 0 spiro atoms. The molecule has 1 aliphatic heterocycles. The molecule has 1 aliphatic rings. The third kappa shape index (κ3) is 2.74. The summed E-state index contributed by atoms with van der Waals surface area (Å²) in [5.41, 5.74) is 2.94. The summed E-state index contributed by atoms with van der Waals surface area (Å²) < 4.78 is 3.22. The highest BCUT2D eigenvalue weighted by molar-refractivity contribution is 9.10. The van der Waals surface area contributed by atoms with Crippen LogP contribution in [0.5, 0.6) is 0 Å². The van der Waals surface area contributed by atoms with Gasteiger partial charge in [0, 0.05) is 20.1 Å². The highest BCUT2D eigenvalue weighted by Gasteiger charge is 2.30. The van der Waals surface area contributed by atoms with Gasteiger partial charge in [-0.05, 0) is 40.7 Å². The van der Waals surface area contributed by atoms with Crippen molar-refractivity contribution in [1.29, 1.82) is 0 Å². The molecule has 0 unspecified atom stereocenters. The maximum absolute atomic E-state index is 4.55. The van der Waals surface area contributed by atoms with Crippen molar-refractivity contribution < 1.29 is 0 Å². The Bertz CT molecular complexity index is 409. The monoisotopic (exact) mass is 299 g/mol. The molecule has 0 amide bonds. The van der Waals surface area contributed by atoms with Crippen LogP contribution >= 0.6 is 15.9 Å². The van der Waals surface area contributed by atoms with E-state index in [9.17, 15) is 0 Å². The number of hydrogen-bond donors (Lipinski definition) is 0. The van der Waals surface area contributed by atoms with E-state index in [1.165, 1.54) is 35.4 Å². The molecule has 2 rings (SSSR count). The Kier molecular flexibility index (Phi) is 3.64. The SMILES string of the molecule is CCc1nn(C)c(CN2CCC(C)(C)C2)c1Br. The van der Waals surface area contributed by atoms with E-state index in [-0.39, 0.29) is 0 Å². The minimum absolute atomic E-state index is 0.471. The Hall–Kier alpha value is -0.350. The lowest BCUT2D eigenvalue weighted by atomic mass is 9.93. The number of likely N-dealkylation sites (tertiary alicyclic amines) is 1. The lowest BCUT2D eigenvalue weighted by Crippen LogP contribution is -2.24. The van der Waals surface area contributed by atoms with Crippen LogP contribution in [0, 0.1) is 5.41 Å². The fraction of sp³-hybridized carbons (Fsp3) is 0.769. The van der Waals surface area contributed by atoms with E-state index in [4.69, 9.17) is 0 Å². The first kappa shape index (κ1) is 13.1. The molecule has 1 fully saturated rings. The van der Waals surface area contributed by atoms with Crippen molar-refractivity contribution in [2.24, 2.45) is 12.5 Å². The highest BCUT2D eigenvalue weighted by Crippen LogP contribution is 2.31. The highest BCUT2D eigenvalue weighted by atomic mass is 79.9. The van der Waals surface area contributed by atoms with E-state index in [1.807, 2.05) is 11.7 Å². The molecule has 0 aromatic carbocycles. The van der Waals surface area contributed by atoms with Gasteiger partial charge in [-0.1, -0.05) is 20.8 Å². The van der Waals surface area contributed by atoms with Crippen molar-refractivity contribution in [3.8, 4) is 0 Å². The summed E-state index contributed by atoms with van der Waals surface area (Å²) in [5.74, 6) is 0. The summed E-state index contributed by atoms with van der Waals surface area (Å²) in [7, 11) is 2.04. The second-order valence-corrected chi connectivity index (χ2v) is 6.60. The molecule has 0 radical (unpaired) electrons. The van der Waals surface area contributed by atoms with Crippen LogP contribution in [0.2, 0.25) is 0 Å². The molecule has 0 bridgehead atoms. The topological polar surface area (TPSA) is 21.1 Å². The van der Waals surface area contributed by atoms with E-state index in [1.54, 1.807) is 0 Å². The third-order valence-electron chi connectivity index (χ3n) is 3.63. The van der Waals surface area contributed by atoms with E-state index in [2.05, 4.69) is 46.7 Å². The molecule has 0 N–H and O–H groups in total. The fourth-order valence-electron chi connectivity index (χ4n) is 2.56. The Labute approximate surface area is 112 Å². The van der Waals surface area contributed by atoms with Gasteiger partial charge in [0.2, 0.25) is 0 Å². The molecule has 0 atom stereocenters. The summed E-state index contributed by atoms with van der Waals surface area (Å²) in [6.07, 6.45) is 2.28. The first-order valence-electron chi connectivity index (χ1n) is 6.35. The van der Waals surface area contributed by atoms with Crippen LogP contribution in [0.4, 0.5) is 0 Å². The number of aryl methyl sites for hydroxylation is 2. The molecule has 1 saturated heterocycles. The van der Waals surface area contributed by atoms with Crippen molar-refractivity contribution in [1.82, 2.24) is 14.7 Å². The standard InChI is InChI=1S/C13H22BrN3/c1-5-10-12(14)11(16(4)15-10)8-17-7-6-13(2,3)9-17/h5-9H2,1-4H3. The molecule has 1 aromatic heterocycles. The Balaban J connectivity index is 2.12. The van der Waals surface area contributed by atoms with Crippen molar-refractivity contribution in [2.45, 2.75) is 40.2 Å². The second-order valence-electron chi connectivity index (χ2n) is 5.81.